The van der Waals surface area contributed by atoms with E-state index < -0.39 is 21.5 Å². The molecule has 20 heavy (non-hydrogen) atoms. The van der Waals surface area contributed by atoms with Gasteiger partial charge in [0.15, 0.2) is 0 Å². The minimum atomic E-state index is -3.91. The van der Waals surface area contributed by atoms with Crippen molar-refractivity contribution in [3.05, 3.63) is 24.3 Å². The quantitative estimate of drug-likeness (QED) is 0.711. The van der Waals surface area contributed by atoms with Crippen molar-refractivity contribution in [2.45, 2.75) is 23.3 Å². The topological polar surface area (TPSA) is 125 Å². The first-order chi connectivity index (χ1) is 9.33. The number of hydrogen-bond donors (Lipinski definition) is 3. The lowest BCUT2D eigenvalue weighted by atomic mass is 9.90. The van der Waals surface area contributed by atoms with Crippen LogP contribution in [-0.4, -0.2) is 33.1 Å². The van der Waals surface area contributed by atoms with Gasteiger partial charge in [0, 0.05) is 13.2 Å². The molecule has 8 heteroatoms. The fraction of sp³-hybridized carbons (Fsp3) is 0.417. The number of sulfonamides is 1. The number of para-hydroxylation sites is 1. The molecule has 2 rings (SSSR count). The SMILES string of the molecule is NC1(C(=O)Nc2ccccc2S(N)(=O)=O)CCOCC1. The van der Waals surface area contributed by atoms with Crippen LogP contribution in [0.4, 0.5) is 5.69 Å². The summed E-state index contributed by atoms with van der Waals surface area (Å²) >= 11 is 0. The highest BCUT2D eigenvalue weighted by molar-refractivity contribution is 7.89. The van der Waals surface area contributed by atoms with Gasteiger partial charge in [0.2, 0.25) is 15.9 Å². The average Bonchev–Trinajstić information content (AvgIpc) is 2.39. The molecule has 1 aliphatic heterocycles. The maximum Gasteiger partial charge on any atom is 0.244 e. The molecule has 0 saturated carbocycles. The number of rotatable bonds is 3. The van der Waals surface area contributed by atoms with Crippen LogP contribution >= 0.6 is 0 Å². The van der Waals surface area contributed by atoms with Gasteiger partial charge in [0.05, 0.1) is 5.69 Å². The number of nitrogens with two attached hydrogens (primary N) is 2. The van der Waals surface area contributed by atoms with E-state index in [1.165, 1.54) is 18.2 Å². The van der Waals surface area contributed by atoms with Crippen molar-refractivity contribution in [2.24, 2.45) is 10.9 Å². The maximum atomic E-state index is 12.2. The normalized spacial score (nSPS) is 18.5. The standard InChI is InChI=1S/C12H17N3O4S/c13-12(5-7-19-8-6-12)11(16)15-9-3-1-2-4-10(9)20(14,17)18/h1-4H,5-8,13H2,(H,15,16)(H2,14,17,18). The molecular formula is C12H17N3O4S. The summed E-state index contributed by atoms with van der Waals surface area (Å²) in [5.41, 5.74) is 5.12. The number of carbonyl (C=O) groups is 1. The van der Waals surface area contributed by atoms with Crippen molar-refractivity contribution in [1.82, 2.24) is 0 Å². The van der Waals surface area contributed by atoms with Gasteiger partial charge in [-0.05, 0) is 25.0 Å². The summed E-state index contributed by atoms with van der Waals surface area (Å²) in [7, 11) is -3.91. The van der Waals surface area contributed by atoms with E-state index in [2.05, 4.69) is 5.32 Å². The summed E-state index contributed by atoms with van der Waals surface area (Å²) in [5, 5.41) is 7.66. The van der Waals surface area contributed by atoms with Gasteiger partial charge in [-0.15, -0.1) is 0 Å². The second-order valence-corrected chi connectivity index (χ2v) is 6.29. The predicted molar refractivity (Wildman–Crippen MR) is 73.4 cm³/mol. The summed E-state index contributed by atoms with van der Waals surface area (Å²) in [6.45, 7) is 0.807. The van der Waals surface area contributed by atoms with Crippen LogP contribution in [0.1, 0.15) is 12.8 Å². The molecule has 0 aromatic heterocycles. The molecule has 1 fully saturated rings. The highest BCUT2D eigenvalue weighted by atomic mass is 32.2. The van der Waals surface area contributed by atoms with Gasteiger partial charge in [-0.25, -0.2) is 13.6 Å². The largest absolute Gasteiger partial charge is 0.381 e. The number of primary sulfonamides is 1. The lowest BCUT2D eigenvalue weighted by molar-refractivity contribution is -0.124. The summed E-state index contributed by atoms with van der Waals surface area (Å²) in [6.07, 6.45) is 0.771. The molecule has 110 valence electrons. The van der Waals surface area contributed by atoms with E-state index in [9.17, 15) is 13.2 Å². The van der Waals surface area contributed by atoms with E-state index in [-0.39, 0.29) is 10.6 Å². The Balaban J connectivity index is 2.24. The zero-order valence-corrected chi connectivity index (χ0v) is 11.7. The molecule has 0 atom stereocenters. The van der Waals surface area contributed by atoms with Crippen LogP contribution in [0, 0.1) is 0 Å². The number of amides is 1. The minimum Gasteiger partial charge on any atom is -0.381 e. The molecule has 0 bridgehead atoms. The lowest BCUT2D eigenvalue weighted by Crippen LogP contribution is -2.54. The Kier molecular flexibility index (Phi) is 4.09. The number of benzene rings is 1. The van der Waals surface area contributed by atoms with E-state index in [1.807, 2.05) is 0 Å². The molecular weight excluding hydrogens is 282 g/mol. The number of carbonyl (C=O) groups excluding carboxylic acids is 1. The maximum absolute atomic E-state index is 12.2. The predicted octanol–water partition coefficient (Wildman–Crippen LogP) is -0.220. The first-order valence-electron chi connectivity index (χ1n) is 6.13. The average molecular weight is 299 g/mol. The van der Waals surface area contributed by atoms with Crippen molar-refractivity contribution >= 4 is 21.6 Å². The van der Waals surface area contributed by atoms with Crippen molar-refractivity contribution in [3.63, 3.8) is 0 Å². The summed E-state index contributed by atoms with van der Waals surface area (Å²) < 4.78 is 28.1. The molecule has 0 unspecified atom stereocenters. The first-order valence-corrected chi connectivity index (χ1v) is 7.67. The molecule has 0 aliphatic carbocycles. The van der Waals surface area contributed by atoms with Crippen molar-refractivity contribution in [2.75, 3.05) is 18.5 Å². The van der Waals surface area contributed by atoms with E-state index in [1.54, 1.807) is 6.07 Å². The second kappa shape index (κ2) is 5.49. The lowest BCUT2D eigenvalue weighted by Gasteiger charge is -2.31. The van der Waals surface area contributed by atoms with Crippen molar-refractivity contribution < 1.29 is 17.9 Å². The van der Waals surface area contributed by atoms with Gasteiger partial charge in [-0.1, -0.05) is 12.1 Å². The van der Waals surface area contributed by atoms with Crippen LogP contribution in [0.3, 0.4) is 0 Å². The molecule has 0 spiro atoms. The Hall–Kier alpha value is -1.48. The summed E-state index contributed by atoms with van der Waals surface area (Å²) in [6, 6.07) is 5.94. The van der Waals surface area contributed by atoms with Gasteiger partial charge in [0.1, 0.15) is 10.4 Å². The Labute approximate surface area is 117 Å². The number of nitrogens with one attached hydrogen (secondary N) is 1. The first kappa shape index (κ1) is 14.9. The summed E-state index contributed by atoms with van der Waals surface area (Å²) in [4.78, 5) is 12.1. The monoisotopic (exact) mass is 299 g/mol. The third-order valence-electron chi connectivity index (χ3n) is 3.28. The van der Waals surface area contributed by atoms with Crippen LogP contribution in [0.5, 0.6) is 0 Å². The molecule has 1 saturated heterocycles. The van der Waals surface area contributed by atoms with Gasteiger partial charge in [-0.2, -0.15) is 0 Å². The molecule has 7 nitrogen and oxygen atoms in total. The van der Waals surface area contributed by atoms with Gasteiger partial charge in [-0.3, -0.25) is 4.79 Å². The smallest absolute Gasteiger partial charge is 0.244 e. The molecule has 1 heterocycles. The van der Waals surface area contributed by atoms with Crippen LogP contribution in [0.2, 0.25) is 0 Å². The zero-order valence-electron chi connectivity index (χ0n) is 10.8. The minimum absolute atomic E-state index is 0.135. The third kappa shape index (κ3) is 3.15. The Morgan fingerprint density at radius 2 is 1.85 bits per heavy atom. The van der Waals surface area contributed by atoms with E-state index >= 15 is 0 Å². The summed E-state index contributed by atoms with van der Waals surface area (Å²) in [5.74, 6) is -0.433. The number of ether oxygens (including phenoxy) is 1. The van der Waals surface area contributed by atoms with Crippen LogP contribution < -0.4 is 16.2 Å². The molecule has 1 aromatic rings. The fourth-order valence-corrected chi connectivity index (χ4v) is 2.72. The van der Waals surface area contributed by atoms with E-state index in [0.717, 1.165) is 0 Å². The van der Waals surface area contributed by atoms with Crippen LogP contribution in [-0.2, 0) is 19.6 Å². The highest BCUT2D eigenvalue weighted by Crippen LogP contribution is 2.23. The number of hydrogen-bond acceptors (Lipinski definition) is 5. The van der Waals surface area contributed by atoms with Gasteiger partial charge < -0.3 is 15.8 Å². The second-order valence-electron chi connectivity index (χ2n) is 4.76. The van der Waals surface area contributed by atoms with E-state index in [4.69, 9.17) is 15.6 Å². The Morgan fingerprint density at radius 1 is 1.25 bits per heavy atom. The van der Waals surface area contributed by atoms with Gasteiger partial charge in [0.25, 0.3) is 0 Å². The fourth-order valence-electron chi connectivity index (χ4n) is 2.03. The van der Waals surface area contributed by atoms with Gasteiger partial charge >= 0.3 is 0 Å². The Bertz CT molecular complexity index is 609. The molecule has 5 N–H and O–H groups in total. The molecule has 1 aromatic carbocycles. The van der Waals surface area contributed by atoms with Crippen LogP contribution in [0.15, 0.2) is 29.2 Å². The highest BCUT2D eigenvalue weighted by Gasteiger charge is 2.36. The van der Waals surface area contributed by atoms with Crippen molar-refractivity contribution in [3.8, 4) is 0 Å². The van der Waals surface area contributed by atoms with Crippen LogP contribution in [0.25, 0.3) is 0 Å². The number of anilines is 1. The van der Waals surface area contributed by atoms with Crippen molar-refractivity contribution in [1.29, 1.82) is 0 Å². The van der Waals surface area contributed by atoms with E-state index in [0.29, 0.717) is 26.1 Å². The zero-order chi connectivity index (χ0) is 14.8. The third-order valence-corrected chi connectivity index (χ3v) is 4.25. The molecule has 0 radical (unpaired) electrons. The Morgan fingerprint density at radius 3 is 2.45 bits per heavy atom. The molecule has 1 aliphatic rings. The molecule has 1 amide bonds.